The molecular formula is C9H5ClO3. The summed E-state index contributed by atoms with van der Waals surface area (Å²) in [6.45, 7) is 0. The van der Waals surface area contributed by atoms with Gasteiger partial charge in [-0.15, -0.1) is 0 Å². The van der Waals surface area contributed by atoms with E-state index in [1.165, 1.54) is 0 Å². The molecule has 0 unspecified atom stereocenters. The van der Waals surface area contributed by atoms with E-state index in [4.69, 9.17) is 16.0 Å². The van der Waals surface area contributed by atoms with Crippen LogP contribution in [0.25, 0.3) is 11.0 Å². The Kier molecular flexibility index (Phi) is 1.74. The van der Waals surface area contributed by atoms with Crippen LogP contribution < -0.4 is 0 Å². The number of benzene rings is 1. The lowest BCUT2D eigenvalue weighted by molar-refractivity contribution is 0.105. The number of para-hydroxylation sites is 1. The van der Waals surface area contributed by atoms with E-state index in [0.717, 1.165) is 0 Å². The topological polar surface area (TPSA) is 50.4 Å². The summed E-state index contributed by atoms with van der Waals surface area (Å²) in [5, 5.41) is 9.16. The second-order valence-corrected chi connectivity index (χ2v) is 2.89. The maximum atomic E-state index is 10.7. The van der Waals surface area contributed by atoms with Crippen LogP contribution in [0.3, 0.4) is 0 Å². The second-order valence-electron chi connectivity index (χ2n) is 2.55. The van der Waals surface area contributed by atoms with Gasteiger partial charge in [-0.25, -0.2) is 0 Å². The van der Waals surface area contributed by atoms with E-state index in [1.54, 1.807) is 24.3 Å². The Balaban J connectivity index is 2.81. The van der Waals surface area contributed by atoms with E-state index in [0.29, 0.717) is 11.0 Å². The van der Waals surface area contributed by atoms with E-state index in [9.17, 15) is 9.90 Å². The van der Waals surface area contributed by atoms with Crippen LogP contribution in [-0.2, 0) is 0 Å². The molecule has 1 aromatic heterocycles. The molecule has 1 aromatic carbocycles. The fourth-order valence-electron chi connectivity index (χ4n) is 1.17. The number of furan rings is 1. The van der Waals surface area contributed by atoms with Crippen molar-refractivity contribution in [1.29, 1.82) is 0 Å². The molecule has 0 aliphatic heterocycles. The zero-order valence-corrected chi connectivity index (χ0v) is 7.21. The van der Waals surface area contributed by atoms with Crippen molar-refractivity contribution in [1.82, 2.24) is 0 Å². The Labute approximate surface area is 78.5 Å². The Morgan fingerprint density at radius 2 is 2.08 bits per heavy atom. The molecular weight excluding hydrogens is 192 g/mol. The molecule has 66 valence electrons. The molecule has 2 rings (SSSR count). The average Bonchev–Trinajstić information content (AvgIpc) is 2.45. The first-order valence-corrected chi connectivity index (χ1v) is 3.98. The molecule has 0 saturated carbocycles. The lowest BCUT2D eigenvalue weighted by Gasteiger charge is -1.85. The Morgan fingerprint density at radius 3 is 2.69 bits per heavy atom. The van der Waals surface area contributed by atoms with Crippen molar-refractivity contribution in [2.24, 2.45) is 0 Å². The third-order valence-corrected chi connectivity index (χ3v) is 1.92. The number of hydrogen-bond acceptors (Lipinski definition) is 3. The molecule has 0 aliphatic rings. The Hall–Kier alpha value is -1.48. The summed E-state index contributed by atoms with van der Waals surface area (Å²) in [4.78, 5) is 10.7. The summed E-state index contributed by atoms with van der Waals surface area (Å²) in [5.41, 5.74) is 0.448. The number of fused-ring (bicyclic) bond motifs is 1. The van der Waals surface area contributed by atoms with Gasteiger partial charge < -0.3 is 9.52 Å². The van der Waals surface area contributed by atoms with Gasteiger partial charge in [-0.05, 0) is 23.7 Å². The molecule has 0 saturated heterocycles. The second kappa shape index (κ2) is 2.78. The number of rotatable bonds is 1. The van der Waals surface area contributed by atoms with Crippen molar-refractivity contribution in [2.75, 3.05) is 0 Å². The molecule has 0 amide bonds. The summed E-state index contributed by atoms with van der Waals surface area (Å²) in [6, 6.07) is 6.78. The van der Waals surface area contributed by atoms with E-state index in [1.807, 2.05) is 0 Å². The third kappa shape index (κ3) is 1.17. The van der Waals surface area contributed by atoms with Crippen molar-refractivity contribution in [3.8, 4) is 5.75 Å². The number of carbonyl (C=O) groups is 1. The van der Waals surface area contributed by atoms with Crippen LogP contribution in [0.15, 0.2) is 28.7 Å². The van der Waals surface area contributed by atoms with Gasteiger partial charge in [-0.1, -0.05) is 12.1 Å². The highest BCUT2D eigenvalue weighted by molar-refractivity contribution is 6.67. The van der Waals surface area contributed by atoms with Crippen LogP contribution in [-0.4, -0.2) is 10.3 Å². The number of hydrogen-bond donors (Lipinski definition) is 1. The lowest BCUT2D eigenvalue weighted by Crippen LogP contribution is -1.83. The van der Waals surface area contributed by atoms with Gasteiger partial charge >= 0.3 is 0 Å². The van der Waals surface area contributed by atoms with Gasteiger partial charge in [0.25, 0.3) is 5.24 Å². The summed E-state index contributed by atoms with van der Waals surface area (Å²) < 4.78 is 5.03. The van der Waals surface area contributed by atoms with Crippen LogP contribution in [0.2, 0.25) is 0 Å². The standard InChI is InChI=1S/C9H5ClO3/c10-9(12)8-7(11)5-3-1-2-4-6(5)13-8/h1-4,11H. The van der Waals surface area contributed by atoms with E-state index < -0.39 is 5.24 Å². The van der Waals surface area contributed by atoms with Crippen LogP contribution in [0.1, 0.15) is 10.6 Å². The van der Waals surface area contributed by atoms with E-state index >= 15 is 0 Å². The van der Waals surface area contributed by atoms with Gasteiger partial charge in [-0.3, -0.25) is 4.79 Å². The highest BCUT2D eigenvalue weighted by Crippen LogP contribution is 2.32. The molecule has 0 radical (unpaired) electrons. The summed E-state index contributed by atoms with van der Waals surface area (Å²) in [6.07, 6.45) is 0. The van der Waals surface area contributed by atoms with Crippen molar-refractivity contribution in [3.63, 3.8) is 0 Å². The fraction of sp³-hybridized carbons (Fsp3) is 0. The van der Waals surface area contributed by atoms with Gasteiger partial charge in [0, 0.05) is 0 Å². The monoisotopic (exact) mass is 196 g/mol. The predicted octanol–water partition coefficient (Wildman–Crippen LogP) is 2.52. The highest BCUT2D eigenvalue weighted by atomic mass is 35.5. The van der Waals surface area contributed by atoms with Crippen LogP contribution in [0, 0.1) is 0 Å². The smallest absolute Gasteiger partial charge is 0.291 e. The maximum absolute atomic E-state index is 10.7. The van der Waals surface area contributed by atoms with E-state index in [-0.39, 0.29) is 11.5 Å². The molecule has 0 atom stereocenters. The first kappa shape index (κ1) is 8.13. The summed E-state index contributed by atoms with van der Waals surface area (Å²) in [5.74, 6) is -0.404. The first-order valence-electron chi connectivity index (χ1n) is 3.60. The summed E-state index contributed by atoms with van der Waals surface area (Å²) in [7, 11) is 0. The largest absolute Gasteiger partial charge is 0.504 e. The zero-order valence-electron chi connectivity index (χ0n) is 6.45. The van der Waals surface area contributed by atoms with Crippen LogP contribution in [0.4, 0.5) is 0 Å². The minimum atomic E-state index is -0.797. The van der Waals surface area contributed by atoms with Gasteiger partial charge in [0.05, 0.1) is 5.39 Å². The number of aromatic hydroxyl groups is 1. The van der Waals surface area contributed by atoms with Crippen molar-refractivity contribution in [2.45, 2.75) is 0 Å². The molecule has 3 nitrogen and oxygen atoms in total. The van der Waals surface area contributed by atoms with Gasteiger partial charge in [0.1, 0.15) is 5.58 Å². The molecule has 4 heteroatoms. The quantitative estimate of drug-likeness (QED) is 0.713. The summed E-state index contributed by atoms with van der Waals surface area (Å²) >= 11 is 5.19. The van der Waals surface area contributed by atoms with Crippen LogP contribution >= 0.6 is 11.6 Å². The van der Waals surface area contributed by atoms with Crippen LogP contribution in [0.5, 0.6) is 5.75 Å². The van der Waals surface area contributed by atoms with E-state index in [2.05, 4.69) is 0 Å². The number of carbonyl (C=O) groups excluding carboxylic acids is 1. The molecule has 0 aliphatic carbocycles. The molecule has 0 bridgehead atoms. The fourth-order valence-corrected chi connectivity index (χ4v) is 1.29. The Bertz CT molecular complexity index is 473. The maximum Gasteiger partial charge on any atom is 0.291 e. The highest BCUT2D eigenvalue weighted by Gasteiger charge is 2.17. The molecule has 0 fully saturated rings. The zero-order chi connectivity index (χ0) is 9.42. The number of halogens is 1. The Morgan fingerprint density at radius 1 is 1.38 bits per heavy atom. The van der Waals surface area contributed by atoms with Gasteiger partial charge in [0.2, 0.25) is 5.76 Å². The van der Waals surface area contributed by atoms with Gasteiger partial charge in [0.15, 0.2) is 5.75 Å². The van der Waals surface area contributed by atoms with Crippen molar-refractivity contribution >= 4 is 27.8 Å². The average molecular weight is 197 g/mol. The lowest BCUT2D eigenvalue weighted by atomic mass is 10.2. The SMILES string of the molecule is O=C(Cl)c1oc2ccccc2c1O. The first-order chi connectivity index (χ1) is 6.20. The third-order valence-electron chi connectivity index (χ3n) is 1.75. The molecule has 13 heavy (non-hydrogen) atoms. The molecule has 0 spiro atoms. The van der Waals surface area contributed by atoms with Crippen molar-refractivity contribution < 1.29 is 14.3 Å². The normalized spacial score (nSPS) is 10.5. The molecule has 2 aromatic rings. The predicted molar refractivity (Wildman–Crippen MR) is 48.1 cm³/mol. The van der Waals surface area contributed by atoms with Gasteiger partial charge in [-0.2, -0.15) is 0 Å². The molecule has 1 heterocycles. The van der Waals surface area contributed by atoms with Crippen molar-refractivity contribution in [3.05, 3.63) is 30.0 Å². The minimum Gasteiger partial charge on any atom is -0.504 e. The molecule has 1 N–H and O–H groups in total. The minimum absolute atomic E-state index is 0.199.